The summed E-state index contributed by atoms with van der Waals surface area (Å²) in [6.45, 7) is 5.96. The summed E-state index contributed by atoms with van der Waals surface area (Å²) in [5.74, 6) is 1.28. The van der Waals surface area contributed by atoms with Gasteiger partial charge in [0, 0.05) is 11.6 Å². The van der Waals surface area contributed by atoms with Gasteiger partial charge in [-0.15, -0.1) is 0 Å². The molecule has 2 aromatic rings. The second kappa shape index (κ2) is 4.67. The van der Waals surface area contributed by atoms with Crippen molar-refractivity contribution >= 4 is 0 Å². The highest BCUT2D eigenvalue weighted by Gasteiger charge is 2.18. The molecule has 4 heteroatoms. The molecule has 2 atom stereocenters. The van der Waals surface area contributed by atoms with E-state index in [2.05, 4.69) is 10.1 Å². The zero-order chi connectivity index (χ0) is 12.4. The van der Waals surface area contributed by atoms with Crippen molar-refractivity contribution < 1.29 is 4.52 Å². The van der Waals surface area contributed by atoms with Gasteiger partial charge in [0.1, 0.15) is 0 Å². The maximum atomic E-state index is 5.81. The Morgan fingerprint density at radius 1 is 1.18 bits per heavy atom. The van der Waals surface area contributed by atoms with Gasteiger partial charge in [-0.25, -0.2) is 0 Å². The molecule has 0 saturated carbocycles. The largest absolute Gasteiger partial charge is 0.339 e. The summed E-state index contributed by atoms with van der Waals surface area (Å²) >= 11 is 0. The molecule has 1 aromatic heterocycles. The van der Waals surface area contributed by atoms with Crippen LogP contribution in [0.4, 0.5) is 0 Å². The van der Waals surface area contributed by atoms with Gasteiger partial charge in [0.2, 0.25) is 11.7 Å². The van der Waals surface area contributed by atoms with Crippen LogP contribution in [0, 0.1) is 6.92 Å². The lowest BCUT2D eigenvalue weighted by molar-refractivity contribution is 0.347. The summed E-state index contributed by atoms with van der Waals surface area (Å²) in [6, 6.07) is 8.03. The minimum absolute atomic E-state index is 0.00122. The van der Waals surface area contributed by atoms with E-state index in [1.807, 2.05) is 45.0 Å². The summed E-state index contributed by atoms with van der Waals surface area (Å²) in [7, 11) is 0. The minimum Gasteiger partial charge on any atom is -0.339 e. The molecular weight excluding hydrogens is 214 g/mol. The Kier molecular flexibility index (Phi) is 3.24. The van der Waals surface area contributed by atoms with E-state index in [1.54, 1.807) is 0 Å². The van der Waals surface area contributed by atoms with E-state index < -0.39 is 0 Å². The van der Waals surface area contributed by atoms with Gasteiger partial charge in [0.25, 0.3) is 0 Å². The molecule has 0 bridgehead atoms. The molecule has 0 aliphatic heterocycles. The minimum atomic E-state index is 0.00122. The zero-order valence-corrected chi connectivity index (χ0v) is 10.3. The van der Waals surface area contributed by atoms with Crippen molar-refractivity contribution in [2.75, 3.05) is 0 Å². The molecule has 0 aliphatic rings. The molecule has 0 saturated heterocycles. The Labute approximate surface area is 101 Å². The number of benzene rings is 1. The van der Waals surface area contributed by atoms with Gasteiger partial charge in [0.05, 0.1) is 5.92 Å². The monoisotopic (exact) mass is 231 g/mol. The molecule has 0 spiro atoms. The maximum Gasteiger partial charge on any atom is 0.231 e. The normalized spacial score (nSPS) is 14.6. The smallest absolute Gasteiger partial charge is 0.231 e. The van der Waals surface area contributed by atoms with Crippen LogP contribution in [0.5, 0.6) is 0 Å². The first kappa shape index (κ1) is 11.8. The van der Waals surface area contributed by atoms with Gasteiger partial charge >= 0.3 is 0 Å². The van der Waals surface area contributed by atoms with Gasteiger partial charge in [-0.3, -0.25) is 0 Å². The lowest BCUT2D eigenvalue weighted by Crippen LogP contribution is -2.22. The van der Waals surface area contributed by atoms with E-state index >= 15 is 0 Å². The molecular formula is C13H17N3O. The molecule has 1 heterocycles. The first-order valence-electron chi connectivity index (χ1n) is 5.74. The highest BCUT2D eigenvalue weighted by molar-refractivity contribution is 5.54. The number of hydrogen-bond acceptors (Lipinski definition) is 4. The summed E-state index contributed by atoms with van der Waals surface area (Å²) in [5.41, 5.74) is 7.98. The second-order valence-corrected chi connectivity index (χ2v) is 4.47. The van der Waals surface area contributed by atoms with Gasteiger partial charge < -0.3 is 10.3 Å². The van der Waals surface area contributed by atoms with Crippen molar-refractivity contribution in [3.05, 3.63) is 35.7 Å². The molecule has 4 nitrogen and oxygen atoms in total. The van der Waals surface area contributed by atoms with E-state index in [9.17, 15) is 0 Å². The van der Waals surface area contributed by atoms with E-state index in [4.69, 9.17) is 10.3 Å². The predicted molar refractivity (Wildman–Crippen MR) is 66.5 cm³/mol. The van der Waals surface area contributed by atoms with E-state index in [1.165, 1.54) is 5.56 Å². The quantitative estimate of drug-likeness (QED) is 0.881. The van der Waals surface area contributed by atoms with Crippen molar-refractivity contribution in [2.24, 2.45) is 5.73 Å². The highest BCUT2D eigenvalue weighted by Crippen LogP contribution is 2.21. The number of nitrogens with two attached hydrogens (primary N) is 1. The number of aromatic nitrogens is 2. The summed E-state index contributed by atoms with van der Waals surface area (Å²) < 4.78 is 5.23. The van der Waals surface area contributed by atoms with Crippen LogP contribution in [0.2, 0.25) is 0 Å². The number of hydrogen-bond donors (Lipinski definition) is 1. The zero-order valence-electron chi connectivity index (χ0n) is 10.3. The Morgan fingerprint density at radius 3 is 2.41 bits per heavy atom. The molecule has 17 heavy (non-hydrogen) atoms. The lowest BCUT2D eigenvalue weighted by Gasteiger charge is -2.09. The van der Waals surface area contributed by atoms with Crippen molar-refractivity contribution in [1.29, 1.82) is 0 Å². The fourth-order valence-corrected chi connectivity index (χ4v) is 1.46. The second-order valence-electron chi connectivity index (χ2n) is 4.47. The molecule has 0 fully saturated rings. The van der Waals surface area contributed by atoms with Crippen LogP contribution in [-0.4, -0.2) is 16.2 Å². The SMILES string of the molecule is Cc1ccc(-c2noc(C(C)C(C)N)n2)cc1. The van der Waals surface area contributed by atoms with Crippen molar-refractivity contribution in [2.45, 2.75) is 32.7 Å². The molecule has 0 radical (unpaired) electrons. The first-order valence-corrected chi connectivity index (χ1v) is 5.74. The van der Waals surface area contributed by atoms with Gasteiger partial charge in [-0.2, -0.15) is 4.98 Å². The molecule has 2 rings (SSSR count). The third-order valence-electron chi connectivity index (χ3n) is 2.93. The van der Waals surface area contributed by atoms with Crippen LogP contribution in [0.15, 0.2) is 28.8 Å². The van der Waals surface area contributed by atoms with Gasteiger partial charge in [-0.1, -0.05) is 41.9 Å². The number of rotatable bonds is 3. The number of nitrogens with zero attached hydrogens (tertiary/aromatic N) is 2. The van der Waals surface area contributed by atoms with Crippen molar-refractivity contribution in [3.8, 4) is 11.4 Å². The third kappa shape index (κ3) is 2.53. The predicted octanol–water partition coefficient (Wildman–Crippen LogP) is 2.50. The molecule has 0 amide bonds. The van der Waals surface area contributed by atoms with Gasteiger partial charge in [-0.05, 0) is 13.8 Å². The van der Waals surface area contributed by atoms with Crippen LogP contribution in [0.1, 0.15) is 31.2 Å². The topological polar surface area (TPSA) is 64.9 Å². The van der Waals surface area contributed by atoms with Crippen molar-refractivity contribution in [3.63, 3.8) is 0 Å². The molecule has 0 aliphatic carbocycles. The van der Waals surface area contributed by atoms with Crippen LogP contribution in [0.25, 0.3) is 11.4 Å². The highest BCUT2D eigenvalue weighted by atomic mass is 16.5. The molecule has 2 N–H and O–H groups in total. The maximum absolute atomic E-state index is 5.81. The first-order chi connectivity index (χ1) is 8.08. The molecule has 1 aromatic carbocycles. The summed E-state index contributed by atoms with van der Waals surface area (Å²) in [6.07, 6.45) is 0. The average Bonchev–Trinajstić information content (AvgIpc) is 2.78. The average molecular weight is 231 g/mol. The fourth-order valence-electron chi connectivity index (χ4n) is 1.46. The fraction of sp³-hybridized carbons (Fsp3) is 0.385. The Morgan fingerprint density at radius 2 is 1.82 bits per heavy atom. The van der Waals surface area contributed by atoms with Gasteiger partial charge in [0.15, 0.2) is 0 Å². The molecule has 90 valence electrons. The summed E-state index contributed by atoms with van der Waals surface area (Å²) in [5, 5.41) is 3.98. The standard InChI is InChI=1S/C13H17N3O/c1-8-4-6-11(7-5-8)12-15-13(17-16-12)9(2)10(3)14/h4-7,9-10H,14H2,1-3H3. The Hall–Kier alpha value is -1.68. The van der Waals surface area contributed by atoms with Crippen LogP contribution in [0.3, 0.4) is 0 Å². The third-order valence-corrected chi connectivity index (χ3v) is 2.93. The Bertz CT molecular complexity index is 488. The van der Waals surface area contributed by atoms with E-state index in [-0.39, 0.29) is 12.0 Å². The van der Waals surface area contributed by atoms with Crippen molar-refractivity contribution in [1.82, 2.24) is 10.1 Å². The molecule has 2 unspecified atom stereocenters. The summed E-state index contributed by atoms with van der Waals surface area (Å²) in [4.78, 5) is 4.37. The van der Waals surface area contributed by atoms with E-state index in [0.717, 1.165) is 5.56 Å². The Balaban J connectivity index is 2.26. The van der Waals surface area contributed by atoms with Crippen LogP contribution in [-0.2, 0) is 0 Å². The number of aryl methyl sites for hydroxylation is 1. The lowest BCUT2D eigenvalue weighted by atomic mass is 10.1. The van der Waals surface area contributed by atoms with Crippen LogP contribution >= 0.6 is 0 Å². The van der Waals surface area contributed by atoms with Crippen LogP contribution < -0.4 is 5.73 Å². The van der Waals surface area contributed by atoms with E-state index in [0.29, 0.717) is 11.7 Å².